The highest BCUT2D eigenvalue weighted by atomic mass is 16.6. The molecule has 3 heterocycles. The molecule has 0 aliphatic carbocycles. The molecule has 10 amide bonds. The fourth-order valence-electron chi connectivity index (χ4n) is 12.8. The van der Waals surface area contributed by atoms with Crippen molar-refractivity contribution in [2.24, 2.45) is 0 Å². The van der Waals surface area contributed by atoms with Crippen LogP contribution in [0.15, 0.2) is 48.5 Å². The normalized spacial score (nSPS) is 17.8. The molecule has 116 heavy (non-hydrogen) atoms. The van der Waals surface area contributed by atoms with Crippen molar-refractivity contribution in [2.45, 2.75) is 263 Å². The summed E-state index contributed by atoms with van der Waals surface area (Å²) in [5.74, 6) is -0.593. The van der Waals surface area contributed by atoms with Crippen LogP contribution in [0.4, 0.5) is 38.4 Å². The third-order valence-electron chi connectivity index (χ3n) is 18.2. The number of nitrogens with zero attached hydrogens (tertiary/aromatic N) is 12. The van der Waals surface area contributed by atoms with Crippen LogP contribution in [0, 0.1) is 0 Å². The summed E-state index contributed by atoms with van der Waals surface area (Å²) in [5, 5.41) is 0. The maximum absolute atomic E-state index is 15.0. The summed E-state index contributed by atoms with van der Waals surface area (Å²) < 4.78 is 47.1. The summed E-state index contributed by atoms with van der Waals surface area (Å²) in [5.41, 5.74) is -3.79. The molecule has 3 fully saturated rings. The van der Waals surface area contributed by atoms with Crippen LogP contribution >= 0.6 is 0 Å². The summed E-state index contributed by atoms with van der Waals surface area (Å²) in [7, 11) is 0. The average molecular weight is 1630 g/mol. The Kier molecular flexibility index (Phi) is 36.6. The zero-order chi connectivity index (χ0) is 87.0. The van der Waals surface area contributed by atoms with E-state index in [2.05, 4.69) is 9.80 Å². The predicted molar refractivity (Wildman–Crippen MR) is 445 cm³/mol. The van der Waals surface area contributed by atoms with Gasteiger partial charge in [-0.2, -0.15) is 0 Å². The van der Waals surface area contributed by atoms with Crippen molar-refractivity contribution in [3.63, 3.8) is 0 Å². The van der Waals surface area contributed by atoms with Gasteiger partial charge in [-0.15, -0.1) is 0 Å². The van der Waals surface area contributed by atoms with E-state index in [1.165, 1.54) is 0 Å². The van der Waals surface area contributed by atoms with Crippen molar-refractivity contribution in [1.82, 2.24) is 58.8 Å². The van der Waals surface area contributed by atoms with Crippen LogP contribution in [-0.2, 0) is 51.0 Å². The van der Waals surface area contributed by atoms with Crippen LogP contribution in [0.1, 0.15) is 237 Å². The van der Waals surface area contributed by atoms with E-state index in [-0.39, 0.29) is 130 Å². The van der Waals surface area contributed by atoms with Gasteiger partial charge >= 0.3 is 48.7 Å². The Labute approximate surface area is 692 Å². The van der Waals surface area contributed by atoms with Crippen LogP contribution in [0.3, 0.4) is 0 Å². The van der Waals surface area contributed by atoms with Crippen molar-refractivity contribution in [1.29, 1.82) is 0 Å². The smallest absolute Gasteiger partial charge is 0.410 e. The Hall–Kier alpha value is -8.54. The van der Waals surface area contributed by atoms with Gasteiger partial charge in [-0.3, -0.25) is 19.4 Å². The molecule has 0 spiro atoms. The predicted octanol–water partition coefficient (Wildman–Crippen LogP) is 14.2. The average Bonchev–Trinajstić information content (AvgIpc) is 0.836. The van der Waals surface area contributed by atoms with Crippen LogP contribution in [0.5, 0.6) is 0 Å². The van der Waals surface area contributed by atoms with Crippen molar-refractivity contribution < 1.29 is 85.8 Å². The first-order valence-electron chi connectivity index (χ1n) is 41.6. The van der Waals surface area contributed by atoms with E-state index in [0.29, 0.717) is 102 Å². The minimum atomic E-state index is -0.860. The van der Waals surface area contributed by atoms with Crippen LogP contribution in [-0.4, -0.2) is 321 Å². The van der Waals surface area contributed by atoms with Crippen molar-refractivity contribution in [2.75, 3.05) is 157 Å². The first-order valence-corrected chi connectivity index (χ1v) is 41.6. The summed E-state index contributed by atoms with van der Waals surface area (Å²) in [6.45, 7) is 49.8. The van der Waals surface area contributed by atoms with Crippen LogP contribution < -0.4 is 0 Å². The highest BCUT2D eigenvalue weighted by Crippen LogP contribution is 2.24. The molecule has 0 radical (unpaired) electrons. The Morgan fingerprint density at radius 3 is 0.526 bits per heavy atom. The lowest BCUT2D eigenvalue weighted by Gasteiger charge is -2.34. The van der Waals surface area contributed by atoms with Gasteiger partial charge in [-0.05, 0) is 240 Å². The molecular weight excluding hydrogens is 1490 g/mol. The highest BCUT2D eigenvalue weighted by molar-refractivity contribution is 5.95. The molecule has 0 saturated carbocycles. The first-order chi connectivity index (χ1) is 53.6. The Morgan fingerprint density at radius 2 is 0.353 bits per heavy atom. The standard InChI is InChI=1S/C86H144N12O18/c1-79(2,3)109-71(101)91-47-29-49-97(77(107)115-85(19,20)21)61-59-93(73(103)111-81(7,8)9)43-25-39-87(51-53-91)63-65-31-35-67(36-32-65)69(99)89-41-27-45-96(76(106)114-84(16,17)18)58-56-90(42-28-46-95(57-55-89)75(105)113-83(13,14)15)70(100)68-37-33-66(34-38-68)64-88-40-26-44-94(74(104)112-82(10,11)12)60-62-98(78(108)116-86(22,23)24)50-30-48-92(54-52-88)72(102)110-80(4,5)6/h31-38H,25-30,39-64H2,1-24H3. The molecule has 0 N–H and O–H groups in total. The number of rotatable bonds is 6. The Bertz CT molecular complexity index is 3280. The zero-order valence-electron chi connectivity index (χ0n) is 75.0. The molecule has 3 saturated heterocycles. The molecule has 0 unspecified atom stereocenters. The highest BCUT2D eigenvalue weighted by Gasteiger charge is 2.35. The van der Waals surface area contributed by atoms with Crippen molar-refractivity contribution in [3.8, 4) is 0 Å². The Morgan fingerprint density at radius 1 is 0.207 bits per heavy atom. The summed E-state index contributed by atoms with van der Waals surface area (Å²) >= 11 is 0. The molecule has 0 atom stereocenters. The van der Waals surface area contributed by atoms with E-state index in [4.69, 9.17) is 37.9 Å². The lowest BCUT2D eigenvalue weighted by Crippen LogP contribution is -2.47. The van der Waals surface area contributed by atoms with E-state index < -0.39 is 93.6 Å². The topological polar surface area (TPSA) is 283 Å². The van der Waals surface area contributed by atoms with Gasteiger partial charge in [0.25, 0.3) is 11.8 Å². The van der Waals surface area contributed by atoms with Crippen molar-refractivity contribution in [3.05, 3.63) is 70.8 Å². The molecule has 3 aliphatic heterocycles. The molecule has 2 aromatic rings. The second kappa shape index (κ2) is 43.2. The van der Waals surface area contributed by atoms with Gasteiger partial charge in [0.05, 0.1) is 0 Å². The second-order valence-electron chi connectivity index (χ2n) is 38.4. The maximum Gasteiger partial charge on any atom is 0.410 e. The number of amides is 10. The van der Waals surface area contributed by atoms with Crippen LogP contribution in [0.2, 0.25) is 0 Å². The maximum atomic E-state index is 15.0. The molecule has 30 heteroatoms. The van der Waals surface area contributed by atoms with Gasteiger partial charge in [0.15, 0.2) is 0 Å². The van der Waals surface area contributed by atoms with Gasteiger partial charge in [-0.1, -0.05) is 24.3 Å². The molecule has 3 aliphatic rings. The lowest BCUT2D eigenvalue weighted by molar-refractivity contribution is 0.00993. The number of hydrogen-bond donors (Lipinski definition) is 0. The molecule has 30 nitrogen and oxygen atoms in total. The van der Waals surface area contributed by atoms with Crippen LogP contribution in [0.25, 0.3) is 0 Å². The quantitative estimate of drug-likeness (QED) is 0.243. The number of hydrogen-bond acceptors (Lipinski definition) is 20. The number of ether oxygens (including phenoxy) is 8. The third kappa shape index (κ3) is 38.2. The number of carbonyl (C=O) groups excluding carboxylic acids is 10. The molecule has 0 bridgehead atoms. The lowest BCUT2D eigenvalue weighted by atomic mass is 10.1. The zero-order valence-corrected chi connectivity index (χ0v) is 75.0. The monoisotopic (exact) mass is 1630 g/mol. The number of benzene rings is 2. The van der Waals surface area contributed by atoms with Gasteiger partial charge in [0, 0.05) is 181 Å². The Balaban J connectivity index is 1.41. The third-order valence-corrected chi connectivity index (χ3v) is 18.2. The molecule has 2 aromatic carbocycles. The summed E-state index contributed by atoms with van der Waals surface area (Å²) in [6.07, 6.45) is -1.76. The molecule has 5 rings (SSSR count). The van der Waals surface area contributed by atoms with Gasteiger partial charge in [-0.25, -0.2) is 38.4 Å². The molecule has 656 valence electrons. The van der Waals surface area contributed by atoms with E-state index in [1.54, 1.807) is 156 Å². The molecule has 0 aromatic heterocycles. The minimum Gasteiger partial charge on any atom is -0.444 e. The molecular formula is C86H144N12O18. The minimum absolute atomic E-state index is 0.0825. The fourth-order valence-corrected chi connectivity index (χ4v) is 12.8. The summed E-state index contributed by atoms with van der Waals surface area (Å²) in [6, 6.07) is 14.7. The van der Waals surface area contributed by atoms with E-state index in [9.17, 15) is 38.4 Å². The SMILES string of the molecule is CC(C)(C)OC(=O)N1CCCN(C(=O)OC(C)(C)C)CCN(C(=O)OC(C)(C)C)CCCN(Cc2ccc(C(=O)N3CCCN(C(=O)OC(C)(C)C)CCN(C(=O)c4ccc(CN5CCCN(C(=O)OC(C)(C)C)CCN(C(=O)OC(C)(C)C)CCCN(C(=O)OC(C)(C)C)CC5)cc4)CCCN(C(=O)OC(C)(C)C)CC3)cc2)CC1. The first kappa shape index (κ1) is 98.0. The van der Waals surface area contributed by atoms with Crippen molar-refractivity contribution >= 4 is 60.6 Å². The summed E-state index contributed by atoms with van der Waals surface area (Å²) in [4.78, 5) is 162. The number of carbonyl (C=O) groups is 10. The van der Waals surface area contributed by atoms with Gasteiger partial charge in [0.2, 0.25) is 0 Å². The largest absolute Gasteiger partial charge is 0.444 e. The van der Waals surface area contributed by atoms with E-state index in [0.717, 1.165) is 11.1 Å². The van der Waals surface area contributed by atoms with E-state index >= 15 is 9.59 Å². The van der Waals surface area contributed by atoms with Gasteiger partial charge < -0.3 is 86.9 Å². The van der Waals surface area contributed by atoms with Gasteiger partial charge in [0.1, 0.15) is 44.8 Å². The second-order valence-corrected chi connectivity index (χ2v) is 38.4. The van der Waals surface area contributed by atoms with E-state index in [1.807, 2.05) is 107 Å². The fraction of sp³-hybridized carbons (Fsp3) is 0.744.